The van der Waals surface area contributed by atoms with E-state index in [4.69, 9.17) is 16.9 Å². The molecule has 0 aliphatic rings. The number of amides is 1. The van der Waals surface area contributed by atoms with Gasteiger partial charge >= 0.3 is 0 Å². The molecule has 50 valence electrons. The molecule has 0 unspecified atom stereocenters. The molecule has 0 radical (unpaired) electrons. The number of nitriles is 1. The second-order valence-corrected chi connectivity index (χ2v) is 1.75. The van der Waals surface area contributed by atoms with Gasteiger partial charge in [-0.2, -0.15) is 5.26 Å². The molecule has 0 aliphatic heterocycles. The van der Waals surface area contributed by atoms with Crippen molar-refractivity contribution in [3.63, 3.8) is 0 Å². The Balaban J connectivity index is 3.19. The molecular formula is C5H7ClN2O. The average molecular weight is 147 g/mol. The van der Waals surface area contributed by atoms with Gasteiger partial charge in [-0.1, -0.05) is 0 Å². The van der Waals surface area contributed by atoms with Crippen molar-refractivity contribution in [3.05, 3.63) is 0 Å². The Morgan fingerprint density at radius 2 is 2.44 bits per heavy atom. The summed E-state index contributed by atoms with van der Waals surface area (Å²) in [4.78, 5) is 10.4. The SMILES string of the molecule is N#CCC(=O)NCCCl. The molecule has 1 amide bonds. The first kappa shape index (κ1) is 8.25. The Morgan fingerprint density at radius 1 is 1.78 bits per heavy atom. The van der Waals surface area contributed by atoms with Gasteiger partial charge < -0.3 is 5.32 Å². The number of nitrogens with one attached hydrogen (secondary N) is 1. The van der Waals surface area contributed by atoms with Crippen LogP contribution in [0.4, 0.5) is 0 Å². The smallest absolute Gasteiger partial charge is 0.234 e. The number of halogens is 1. The molecule has 0 heterocycles. The van der Waals surface area contributed by atoms with Crippen LogP contribution in [0.3, 0.4) is 0 Å². The van der Waals surface area contributed by atoms with E-state index in [1.807, 2.05) is 0 Å². The third-order valence-electron chi connectivity index (χ3n) is 0.656. The van der Waals surface area contributed by atoms with Crippen molar-refractivity contribution >= 4 is 17.5 Å². The fourth-order valence-electron chi connectivity index (χ4n) is 0.321. The second-order valence-electron chi connectivity index (χ2n) is 1.37. The topological polar surface area (TPSA) is 52.9 Å². The summed E-state index contributed by atoms with van der Waals surface area (Å²) in [7, 11) is 0. The molecule has 0 saturated carbocycles. The van der Waals surface area contributed by atoms with Gasteiger partial charge in [0, 0.05) is 12.4 Å². The molecule has 0 rings (SSSR count). The van der Waals surface area contributed by atoms with Gasteiger partial charge in [-0.25, -0.2) is 0 Å². The summed E-state index contributed by atoms with van der Waals surface area (Å²) < 4.78 is 0. The number of rotatable bonds is 3. The van der Waals surface area contributed by atoms with Crippen molar-refractivity contribution < 1.29 is 4.79 Å². The monoisotopic (exact) mass is 146 g/mol. The molecule has 0 aliphatic carbocycles. The van der Waals surface area contributed by atoms with Crippen LogP contribution in [0, 0.1) is 11.3 Å². The molecule has 0 fully saturated rings. The lowest BCUT2D eigenvalue weighted by molar-refractivity contribution is -0.120. The zero-order valence-corrected chi connectivity index (χ0v) is 5.61. The predicted molar refractivity (Wildman–Crippen MR) is 34.0 cm³/mol. The van der Waals surface area contributed by atoms with Crippen molar-refractivity contribution in [1.82, 2.24) is 5.32 Å². The summed E-state index contributed by atoms with van der Waals surface area (Å²) in [5, 5.41) is 10.4. The van der Waals surface area contributed by atoms with E-state index in [0.29, 0.717) is 12.4 Å². The highest BCUT2D eigenvalue weighted by molar-refractivity contribution is 6.18. The van der Waals surface area contributed by atoms with Crippen LogP contribution < -0.4 is 5.32 Å². The molecule has 0 aromatic rings. The zero-order chi connectivity index (χ0) is 7.11. The van der Waals surface area contributed by atoms with Gasteiger partial charge in [0.1, 0.15) is 6.42 Å². The lowest BCUT2D eigenvalue weighted by atomic mass is 10.4. The highest BCUT2D eigenvalue weighted by Gasteiger charge is 1.95. The van der Waals surface area contributed by atoms with E-state index in [1.54, 1.807) is 6.07 Å². The first-order chi connectivity index (χ1) is 4.31. The Labute approximate surface area is 58.6 Å². The van der Waals surface area contributed by atoms with Crippen LogP contribution in [-0.4, -0.2) is 18.3 Å². The van der Waals surface area contributed by atoms with Gasteiger partial charge in [0.05, 0.1) is 6.07 Å². The molecule has 0 atom stereocenters. The highest BCUT2D eigenvalue weighted by atomic mass is 35.5. The largest absolute Gasteiger partial charge is 0.354 e. The van der Waals surface area contributed by atoms with Gasteiger partial charge in [0.25, 0.3) is 0 Å². The third-order valence-corrected chi connectivity index (χ3v) is 0.845. The molecule has 0 bridgehead atoms. The van der Waals surface area contributed by atoms with Crippen LogP contribution in [-0.2, 0) is 4.79 Å². The van der Waals surface area contributed by atoms with Crippen molar-refractivity contribution in [2.45, 2.75) is 6.42 Å². The number of hydrogen-bond donors (Lipinski definition) is 1. The number of carbonyl (C=O) groups is 1. The van der Waals surface area contributed by atoms with Crippen LogP contribution in [0.15, 0.2) is 0 Å². The van der Waals surface area contributed by atoms with Gasteiger partial charge in [0.15, 0.2) is 0 Å². The first-order valence-electron chi connectivity index (χ1n) is 2.51. The van der Waals surface area contributed by atoms with Crippen LogP contribution >= 0.6 is 11.6 Å². The minimum Gasteiger partial charge on any atom is -0.354 e. The Kier molecular flexibility index (Phi) is 4.94. The van der Waals surface area contributed by atoms with Gasteiger partial charge in [-0.15, -0.1) is 11.6 Å². The Morgan fingerprint density at radius 3 is 2.89 bits per heavy atom. The van der Waals surface area contributed by atoms with E-state index in [-0.39, 0.29) is 12.3 Å². The maximum absolute atomic E-state index is 10.4. The van der Waals surface area contributed by atoms with E-state index in [2.05, 4.69) is 5.32 Å². The summed E-state index contributed by atoms with van der Waals surface area (Å²) in [5.41, 5.74) is 0. The number of carbonyl (C=O) groups excluding carboxylic acids is 1. The Bertz CT molecular complexity index is 129. The number of hydrogen-bond acceptors (Lipinski definition) is 2. The molecule has 3 nitrogen and oxygen atoms in total. The van der Waals surface area contributed by atoms with Gasteiger partial charge in [-0.05, 0) is 0 Å². The minimum atomic E-state index is -0.266. The molecular weight excluding hydrogens is 140 g/mol. The normalized spacial score (nSPS) is 8.00. The molecule has 4 heteroatoms. The van der Waals surface area contributed by atoms with Crippen LogP contribution in [0.2, 0.25) is 0 Å². The molecule has 9 heavy (non-hydrogen) atoms. The van der Waals surface area contributed by atoms with Gasteiger partial charge in [-0.3, -0.25) is 4.79 Å². The molecule has 1 N–H and O–H groups in total. The number of nitrogens with zero attached hydrogens (tertiary/aromatic N) is 1. The summed E-state index contributed by atoms with van der Waals surface area (Å²) in [5.74, 6) is 0.120. The highest BCUT2D eigenvalue weighted by Crippen LogP contribution is 1.75. The van der Waals surface area contributed by atoms with Crippen molar-refractivity contribution in [1.29, 1.82) is 5.26 Å². The first-order valence-corrected chi connectivity index (χ1v) is 3.04. The summed E-state index contributed by atoms with van der Waals surface area (Å²) in [6.45, 7) is 0.433. The number of alkyl halides is 1. The van der Waals surface area contributed by atoms with E-state index < -0.39 is 0 Å². The third kappa shape index (κ3) is 5.12. The molecule has 0 aromatic carbocycles. The second kappa shape index (κ2) is 5.39. The molecule has 0 spiro atoms. The average Bonchev–Trinajstić information content (AvgIpc) is 1.85. The van der Waals surface area contributed by atoms with Crippen LogP contribution in [0.25, 0.3) is 0 Å². The minimum absolute atomic E-state index is 0.0864. The summed E-state index contributed by atoms with van der Waals surface area (Å²) in [6, 6.07) is 1.72. The van der Waals surface area contributed by atoms with Gasteiger partial charge in [0.2, 0.25) is 5.91 Å². The molecule has 0 saturated heterocycles. The molecule has 0 aromatic heterocycles. The fraction of sp³-hybridized carbons (Fsp3) is 0.600. The van der Waals surface area contributed by atoms with Crippen molar-refractivity contribution in [2.24, 2.45) is 0 Å². The quantitative estimate of drug-likeness (QED) is 0.581. The van der Waals surface area contributed by atoms with Crippen molar-refractivity contribution in [2.75, 3.05) is 12.4 Å². The van der Waals surface area contributed by atoms with E-state index in [9.17, 15) is 4.79 Å². The maximum Gasteiger partial charge on any atom is 0.234 e. The van der Waals surface area contributed by atoms with Crippen LogP contribution in [0.1, 0.15) is 6.42 Å². The Hall–Kier alpha value is -0.750. The van der Waals surface area contributed by atoms with Crippen LogP contribution in [0.5, 0.6) is 0 Å². The predicted octanol–water partition coefficient (Wildman–Crippen LogP) is 0.255. The van der Waals surface area contributed by atoms with E-state index >= 15 is 0 Å². The van der Waals surface area contributed by atoms with Crippen molar-refractivity contribution in [3.8, 4) is 6.07 Å². The lowest BCUT2D eigenvalue weighted by Gasteiger charge is -1.95. The standard InChI is InChI=1S/C5H7ClN2O/c6-2-4-8-5(9)1-3-7/h1-2,4H2,(H,8,9). The lowest BCUT2D eigenvalue weighted by Crippen LogP contribution is -2.24. The zero-order valence-electron chi connectivity index (χ0n) is 4.85. The summed E-state index contributed by atoms with van der Waals surface area (Å²) in [6.07, 6.45) is -0.0864. The fourth-order valence-corrected chi connectivity index (χ4v) is 0.415. The van der Waals surface area contributed by atoms with E-state index in [1.165, 1.54) is 0 Å². The van der Waals surface area contributed by atoms with E-state index in [0.717, 1.165) is 0 Å². The maximum atomic E-state index is 10.4. The summed E-state index contributed by atoms with van der Waals surface area (Å²) >= 11 is 5.25.